The van der Waals surface area contributed by atoms with Gasteiger partial charge in [-0.15, -0.1) is 0 Å². The number of hydrogen-bond donors (Lipinski definition) is 0. The van der Waals surface area contributed by atoms with E-state index in [1.165, 1.54) is 32.1 Å². The maximum Gasteiger partial charge on any atom is 0.347 e. The third-order valence-corrected chi connectivity index (χ3v) is 4.88. The van der Waals surface area contributed by atoms with Gasteiger partial charge in [0.05, 0.1) is 0 Å². The number of rotatable bonds is 3. The minimum absolute atomic E-state index is 0.124. The minimum atomic E-state index is -0.124. The van der Waals surface area contributed by atoms with Crippen LogP contribution in [0.4, 0.5) is 0 Å². The maximum atomic E-state index is 11.7. The van der Waals surface area contributed by atoms with Crippen molar-refractivity contribution in [3.05, 3.63) is 28.4 Å². The topological polar surface area (TPSA) is 34.9 Å². The Hall–Kier alpha value is -0.640. The summed E-state index contributed by atoms with van der Waals surface area (Å²) < 4.78 is 1.78. The highest BCUT2D eigenvalue weighted by atomic mass is 79.9. The molecule has 0 amide bonds. The van der Waals surface area contributed by atoms with Crippen molar-refractivity contribution < 1.29 is 0 Å². The van der Waals surface area contributed by atoms with Gasteiger partial charge in [0.2, 0.25) is 0 Å². The van der Waals surface area contributed by atoms with Crippen LogP contribution in [-0.2, 0) is 6.54 Å². The first kappa shape index (κ1) is 12.8. The summed E-state index contributed by atoms with van der Waals surface area (Å²) in [5.74, 6) is 0. The van der Waals surface area contributed by atoms with Gasteiger partial charge in [-0.1, -0.05) is 35.2 Å². The molecule has 17 heavy (non-hydrogen) atoms. The van der Waals surface area contributed by atoms with Crippen molar-refractivity contribution in [1.82, 2.24) is 9.55 Å². The zero-order valence-corrected chi connectivity index (χ0v) is 11.9. The Morgan fingerprint density at radius 2 is 2.12 bits per heavy atom. The molecule has 1 aliphatic carbocycles. The molecule has 2 rings (SSSR count). The lowest BCUT2D eigenvalue weighted by atomic mass is 9.75. The maximum absolute atomic E-state index is 11.7. The minimum Gasteiger partial charge on any atom is -0.298 e. The predicted octanol–water partition coefficient (Wildman–Crippen LogP) is 2.90. The van der Waals surface area contributed by atoms with E-state index >= 15 is 0 Å². The fraction of sp³-hybridized carbons (Fsp3) is 0.692. The summed E-state index contributed by atoms with van der Waals surface area (Å²) in [5, 5.41) is 0.973. The van der Waals surface area contributed by atoms with Crippen molar-refractivity contribution in [1.29, 1.82) is 0 Å². The van der Waals surface area contributed by atoms with E-state index in [9.17, 15) is 4.79 Å². The molecule has 1 fully saturated rings. The zero-order chi connectivity index (χ0) is 12.3. The number of hydrogen-bond acceptors (Lipinski definition) is 2. The first-order valence-electron chi connectivity index (χ1n) is 6.24. The standard InChI is InChI=1S/C13H19BrN2O/c1-11-7-15-12(17)16(8-11)10-13(9-14)5-3-2-4-6-13/h7-8H,2-6,9-10H2,1H3. The lowest BCUT2D eigenvalue weighted by Gasteiger charge is -2.36. The first-order chi connectivity index (χ1) is 8.15. The fourth-order valence-electron chi connectivity index (χ4n) is 2.68. The van der Waals surface area contributed by atoms with Crippen LogP contribution in [0.25, 0.3) is 0 Å². The van der Waals surface area contributed by atoms with Gasteiger partial charge in [-0.3, -0.25) is 4.57 Å². The molecular weight excluding hydrogens is 280 g/mol. The van der Waals surface area contributed by atoms with Gasteiger partial charge in [-0.05, 0) is 30.7 Å². The second-order valence-electron chi connectivity index (χ2n) is 5.24. The van der Waals surface area contributed by atoms with Crippen molar-refractivity contribution in [2.45, 2.75) is 45.6 Å². The van der Waals surface area contributed by atoms with E-state index in [0.717, 1.165) is 17.4 Å². The van der Waals surface area contributed by atoms with E-state index < -0.39 is 0 Å². The molecule has 0 radical (unpaired) electrons. The zero-order valence-electron chi connectivity index (χ0n) is 10.3. The second-order valence-corrected chi connectivity index (χ2v) is 5.80. The summed E-state index contributed by atoms with van der Waals surface area (Å²) in [5.41, 5.74) is 1.17. The first-order valence-corrected chi connectivity index (χ1v) is 7.36. The Balaban J connectivity index is 2.23. The molecule has 0 spiro atoms. The van der Waals surface area contributed by atoms with Gasteiger partial charge in [0.25, 0.3) is 0 Å². The lowest BCUT2D eigenvalue weighted by Crippen LogP contribution is -2.36. The molecule has 0 aliphatic heterocycles. The normalized spacial score (nSPS) is 19.2. The SMILES string of the molecule is Cc1cnc(=O)n(CC2(CBr)CCCCC2)c1. The molecule has 0 unspecified atom stereocenters. The summed E-state index contributed by atoms with van der Waals surface area (Å²) >= 11 is 3.63. The number of aromatic nitrogens is 2. The lowest BCUT2D eigenvalue weighted by molar-refractivity contribution is 0.188. The third kappa shape index (κ3) is 2.97. The molecule has 0 N–H and O–H groups in total. The molecular formula is C13H19BrN2O. The van der Waals surface area contributed by atoms with Crippen LogP contribution in [0.1, 0.15) is 37.7 Å². The molecule has 0 bridgehead atoms. The number of aryl methyl sites for hydroxylation is 1. The van der Waals surface area contributed by atoms with E-state index in [1.54, 1.807) is 10.8 Å². The molecule has 4 heteroatoms. The number of halogens is 1. The Morgan fingerprint density at radius 1 is 1.41 bits per heavy atom. The van der Waals surface area contributed by atoms with Crippen LogP contribution in [-0.4, -0.2) is 14.9 Å². The fourth-order valence-corrected chi connectivity index (χ4v) is 3.41. The van der Waals surface area contributed by atoms with Gasteiger partial charge in [0.15, 0.2) is 0 Å². The third-order valence-electron chi connectivity index (χ3n) is 3.69. The molecule has 3 nitrogen and oxygen atoms in total. The Bertz CT molecular complexity index is 435. The summed E-state index contributed by atoms with van der Waals surface area (Å²) in [6.07, 6.45) is 9.86. The number of nitrogens with zero attached hydrogens (tertiary/aromatic N) is 2. The molecule has 0 saturated heterocycles. The molecule has 1 aromatic heterocycles. The van der Waals surface area contributed by atoms with Crippen LogP contribution in [0.3, 0.4) is 0 Å². The molecule has 94 valence electrons. The smallest absolute Gasteiger partial charge is 0.298 e. The average Bonchev–Trinajstić information content (AvgIpc) is 2.35. The van der Waals surface area contributed by atoms with Crippen molar-refractivity contribution >= 4 is 15.9 Å². The molecule has 1 heterocycles. The van der Waals surface area contributed by atoms with Crippen molar-refractivity contribution in [3.63, 3.8) is 0 Å². The molecule has 0 atom stereocenters. The number of alkyl halides is 1. The Kier molecular flexibility index (Phi) is 4.02. The summed E-state index contributed by atoms with van der Waals surface area (Å²) in [6, 6.07) is 0. The van der Waals surface area contributed by atoms with Crippen LogP contribution in [0.15, 0.2) is 17.2 Å². The molecule has 0 aromatic carbocycles. The van der Waals surface area contributed by atoms with Crippen LogP contribution in [0.2, 0.25) is 0 Å². The highest BCUT2D eigenvalue weighted by molar-refractivity contribution is 9.09. The highest BCUT2D eigenvalue weighted by Crippen LogP contribution is 2.38. The summed E-state index contributed by atoms with van der Waals surface area (Å²) in [6.45, 7) is 2.77. The highest BCUT2D eigenvalue weighted by Gasteiger charge is 2.31. The monoisotopic (exact) mass is 298 g/mol. The summed E-state index contributed by atoms with van der Waals surface area (Å²) in [7, 11) is 0. The van der Waals surface area contributed by atoms with Gasteiger partial charge in [-0.25, -0.2) is 9.78 Å². The van der Waals surface area contributed by atoms with E-state index in [0.29, 0.717) is 0 Å². The Labute approximate surface area is 110 Å². The molecule has 1 saturated carbocycles. The molecule has 1 aromatic rings. The predicted molar refractivity (Wildman–Crippen MR) is 72.5 cm³/mol. The van der Waals surface area contributed by atoms with Gasteiger partial charge < -0.3 is 0 Å². The van der Waals surface area contributed by atoms with Crippen molar-refractivity contribution in [3.8, 4) is 0 Å². The van der Waals surface area contributed by atoms with E-state index in [1.807, 2.05) is 13.1 Å². The van der Waals surface area contributed by atoms with Crippen molar-refractivity contribution in [2.24, 2.45) is 5.41 Å². The van der Waals surface area contributed by atoms with Gasteiger partial charge >= 0.3 is 5.69 Å². The quantitative estimate of drug-likeness (QED) is 0.804. The summed E-state index contributed by atoms with van der Waals surface area (Å²) in [4.78, 5) is 15.6. The van der Waals surface area contributed by atoms with Crippen LogP contribution in [0.5, 0.6) is 0 Å². The van der Waals surface area contributed by atoms with E-state index in [4.69, 9.17) is 0 Å². The Morgan fingerprint density at radius 3 is 2.76 bits per heavy atom. The van der Waals surface area contributed by atoms with Crippen LogP contribution >= 0.6 is 15.9 Å². The van der Waals surface area contributed by atoms with Crippen LogP contribution < -0.4 is 5.69 Å². The average molecular weight is 299 g/mol. The second kappa shape index (κ2) is 5.34. The molecule has 1 aliphatic rings. The van der Waals surface area contributed by atoms with E-state index in [2.05, 4.69) is 20.9 Å². The van der Waals surface area contributed by atoms with Crippen LogP contribution in [0, 0.1) is 12.3 Å². The largest absolute Gasteiger partial charge is 0.347 e. The van der Waals surface area contributed by atoms with Crippen molar-refractivity contribution in [2.75, 3.05) is 5.33 Å². The van der Waals surface area contributed by atoms with Gasteiger partial charge in [0.1, 0.15) is 0 Å². The van der Waals surface area contributed by atoms with E-state index in [-0.39, 0.29) is 11.1 Å². The van der Waals surface area contributed by atoms with Gasteiger partial charge in [-0.2, -0.15) is 0 Å². The van der Waals surface area contributed by atoms with Gasteiger partial charge in [0, 0.05) is 24.3 Å².